The number of furan rings is 1. The van der Waals surface area contributed by atoms with Crippen LogP contribution in [0.15, 0.2) is 77.2 Å². The summed E-state index contributed by atoms with van der Waals surface area (Å²) < 4.78 is 5.78. The van der Waals surface area contributed by atoms with Crippen molar-refractivity contribution in [3.63, 3.8) is 0 Å². The molecule has 2 N–H and O–H groups in total. The van der Waals surface area contributed by atoms with E-state index in [2.05, 4.69) is 29.4 Å². The van der Waals surface area contributed by atoms with Gasteiger partial charge in [-0.25, -0.2) is 0 Å². The molecule has 0 radical (unpaired) electrons. The van der Waals surface area contributed by atoms with Crippen molar-refractivity contribution in [1.82, 2.24) is 10.2 Å². The number of benzene rings is 2. The van der Waals surface area contributed by atoms with E-state index in [1.807, 2.05) is 71.6 Å². The summed E-state index contributed by atoms with van der Waals surface area (Å²) in [4.78, 5) is 28.8. The number of piperazine rings is 1. The standard InChI is InChI=1S/C29H32N4O3S/c1-21(2)20-28(35)33-18-16-32(17-19-33)24-10-8-23(9-11-24)30-29(37)31-27(34)15-13-25-12-14-26(36-25)22-6-4-3-5-7-22/h3-15,21H,16-20H2,1-2H3,(H2,30,31,34,37)/b15-13+. The van der Waals surface area contributed by atoms with Gasteiger partial charge in [0.05, 0.1) is 0 Å². The highest BCUT2D eigenvalue weighted by Crippen LogP contribution is 2.22. The minimum Gasteiger partial charge on any atom is -0.457 e. The first-order chi connectivity index (χ1) is 17.9. The molecule has 2 aromatic carbocycles. The number of carbonyl (C=O) groups is 2. The van der Waals surface area contributed by atoms with E-state index < -0.39 is 0 Å². The zero-order valence-electron chi connectivity index (χ0n) is 21.1. The molecule has 37 heavy (non-hydrogen) atoms. The molecule has 4 rings (SSSR count). The van der Waals surface area contributed by atoms with Crippen molar-refractivity contribution in [3.8, 4) is 11.3 Å². The van der Waals surface area contributed by atoms with Crippen molar-refractivity contribution in [2.45, 2.75) is 20.3 Å². The number of anilines is 2. The third-order valence-electron chi connectivity index (χ3n) is 6.03. The van der Waals surface area contributed by atoms with Crippen LogP contribution >= 0.6 is 12.2 Å². The Kier molecular flexibility index (Phi) is 8.74. The van der Waals surface area contributed by atoms with Gasteiger partial charge < -0.3 is 19.5 Å². The topological polar surface area (TPSA) is 77.8 Å². The van der Waals surface area contributed by atoms with Crippen LogP contribution in [0.1, 0.15) is 26.0 Å². The van der Waals surface area contributed by atoms with Crippen molar-refractivity contribution in [2.75, 3.05) is 36.4 Å². The zero-order chi connectivity index (χ0) is 26.2. The maximum Gasteiger partial charge on any atom is 0.250 e. The van der Waals surface area contributed by atoms with Crippen LogP contribution < -0.4 is 15.5 Å². The third-order valence-corrected chi connectivity index (χ3v) is 6.23. The van der Waals surface area contributed by atoms with Gasteiger partial charge in [-0.1, -0.05) is 44.2 Å². The Morgan fingerprint density at radius 2 is 1.68 bits per heavy atom. The minimum atomic E-state index is -0.350. The van der Waals surface area contributed by atoms with Crippen molar-refractivity contribution in [1.29, 1.82) is 0 Å². The predicted molar refractivity (Wildman–Crippen MR) is 152 cm³/mol. The van der Waals surface area contributed by atoms with Crippen molar-refractivity contribution >= 4 is 46.6 Å². The zero-order valence-corrected chi connectivity index (χ0v) is 22.0. The van der Waals surface area contributed by atoms with E-state index in [9.17, 15) is 9.59 Å². The SMILES string of the molecule is CC(C)CC(=O)N1CCN(c2ccc(NC(=S)NC(=O)/C=C/c3ccc(-c4ccccc4)o3)cc2)CC1. The summed E-state index contributed by atoms with van der Waals surface area (Å²) in [6.07, 6.45) is 3.59. The molecule has 192 valence electrons. The number of rotatable bonds is 7. The Labute approximate surface area is 223 Å². The number of hydrogen-bond donors (Lipinski definition) is 2. The molecule has 1 saturated heterocycles. The number of amides is 2. The van der Waals surface area contributed by atoms with E-state index in [-0.39, 0.29) is 16.9 Å². The third kappa shape index (κ3) is 7.54. The van der Waals surface area contributed by atoms with Crippen molar-refractivity contribution < 1.29 is 14.0 Å². The van der Waals surface area contributed by atoms with Gasteiger partial charge >= 0.3 is 0 Å². The lowest BCUT2D eigenvalue weighted by molar-refractivity contribution is -0.132. The summed E-state index contributed by atoms with van der Waals surface area (Å²) in [7, 11) is 0. The average Bonchev–Trinajstić information content (AvgIpc) is 3.37. The maximum absolute atomic E-state index is 12.3. The Hall–Kier alpha value is -3.91. The first-order valence-electron chi connectivity index (χ1n) is 12.5. The normalized spacial score (nSPS) is 13.7. The molecule has 0 bridgehead atoms. The fourth-order valence-electron chi connectivity index (χ4n) is 4.12. The predicted octanol–water partition coefficient (Wildman–Crippen LogP) is 5.17. The molecule has 7 nitrogen and oxygen atoms in total. The Bertz CT molecular complexity index is 1240. The van der Waals surface area contributed by atoms with Gasteiger partial charge in [0.15, 0.2) is 5.11 Å². The smallest absolute Gasteiger partial charge is 0.250 e. The minimum absolute atomic E-state index is 0.212. The van der Waals surface area contributed by atoms with Crippen LogP contribution in [0.5, 0.6) is 0 Å². The van der Waals surface area contributed by atoms with Gasteiger partial charge in [0.25, 0.3) is 0 Å². The van der Waals surface area contributed by atoms with E-state index in [4.69, 9.17) is 16.6 Å². The highest BCUT2D eigenvalue weighted by molar-refractivity contribution is 7.80. The lowest BCUT2D eigenvalue weighted by Crippen LogP contribution is -2.49. The molecule has 0 atom stereocenters. The summed E-state index contributed by atoms with van der Waals surface area (Å²) >= 11 is 5.29. The molecule has 1 aliphatic rings. The summed E-state index contributed by atoms with van der Waals surface area (Å²) in [5.41, 5.74) is 2.84. The fourth-order valence-corrected chi connectivity index (χ4v) is 4.34. The Balaban J connectivity index is 1.23. The highest BCUT2D eigenvalue weighted by atomic mass is 32.1. The molecule has 8 heteroatoms. The molecule has 1 aromatic heterocycles. The summed E-state index contributed by atoms with van der Waals surface area (Å²) in [5, 5.41) is 5.90. The van der Waals surface area contributed by atoms with Crippen LogP contribution in [0.2, 0.25) is 0 Å². The maximum atomic E-state index is 12.3. The van der Waals surface area contributed by atoms with Crippen LogP contribution in [0.25, 0.3) is 17.4 Å². The lowest BCUT2D eigenvalue weighted by Gasteiger charge is -2.36. The second-order valence-corrected chi connectivity index (χ2v) is 9.77. The van der Waals surface area contributed by atoms with E-state index in [1.54, 1.807) is 6.08 Å². The van der Waals surface area contributed by atoms with E-state index >= 15 is 0 Å². The molecule has 1 fully saturated rings. The van der Waals surface area contributed by atoms with E-state index in [0.717, 1.165) is 48.9 Å². The summed E-state index contributed by atoms with van der Waals surface area (Å²) in [5.74, 6) is 1.58. The molecule has 0 unspecified atom stereocenters. The van der Waals surface area contributed by atoms with Crippen molar-refractivity contribution in [3.05, 3.63) is 78.6 Å². The van der Waals surface area contributed by atoms with Gasteiger partial charge in [0, 0.05) is 55.6 Å². The second-order valence-electron chi connectivity index (χ2n) is 9.36. The number of thiocarbonyl (C=S) groups is 1. The van der Waals surface area contributed by atoms with Gasteiger partial charge in [-0.2, -0.15) is 0 Å². The number of nitrogens with one attached hydrogen (secondary N) is 2. The van der Waals surface area contributed by atoms with Crippen LogP contribution in [-0.2, 0) is 9.59 Å². The number of carbonyl (C=O) groups excluding carboxylic acids is 2. The van der Waals surface area contributed by atoms with Gasteiger partial charge in [-0.15, -0.1) is 0 Å². The van der Waals surface area contributed by atoms with E-state index in [1.165, 1.54) is 6.08 Å². The monoisotopic (exact) mass is 516 g/mol. The molecule has 2 heterocycles. The number of hydrogen-bond acceptors (Lipinski definition) is 5. The Morgan fingerprint density at radius 3 is 2.35 bits per heavy atom. The van der Waals surface area contributed by atoms with Gasteiger partial charge in [0.1, 0.15) is 11.5 Å². The fraction of sp³-hybridized carbons (Fsp3) is 0.276. The van der Waals surface area contributed by atoms with Crippen LogP contribution in [-0.4, -0.2) is 48.0 Å². The largest absolute Gasteiger partial charge is 0.457 e. The summed E-state index contributed by atoms with van der Waals surface area (Å²) in [6.45, 7) is 7.22. The average molecular weight is 517 g/mol. The lowest BCUT2D eigenvalue weighted by atomic mass is 10.1. The Morgan fingerprint density at radius 1 is 0.973 bits per heavy atom. The van der Waals surface area contributed by atoms with Gasteiger partial charge in [-0.05, 0) is 60.6 Å². The van der Waals surface area contributed by atoms with Crippen molar-refractivity contribution in [2.24, 2.45) is 5.92 Å². The summed E-state index contributed by atoms with van der Waals surface area (Å²) in [6, 6.07) is 21.3. The highest BCUT2D eigenvalue weighted by Gasteiger charge is 2.21. The molecule has 1 aliphatic heterocycles. The first kappa shape index (κ1) is 26.2. The van der Waals surface area contributed by atoms with Crippen LogP contribution in [0.3, 0.4) is 0 Å². The molecule has 0 aliphatic carbocycles. The van der Waals surface area contributed by atoms with Crippen LogP contribution in [0.4, 0.5) is 11.4 Å². The van der Waals surface area contributed by atoms with Gasteiger partial charge in [0.2, 0.25) is 11.8 Å². The first-order valence-corrected chi connectivity index (χ1v) is 12.9. The molecular weight excluding hydrogens is 484 g/mol. The van der Waals surface area contributed by atoms with Gasteiger partial charge in [-0.3, -0.25) is 14.9 Å². The second kappa shape index (κ2) is 12.4. The molecule has 3 aromatic rings. The van der Waals surface area contributed by atoms with Crippen LogP contribution in [0, 0.1) is 5.92 Å². The molecule has 0 saturated carbocycles. The molecular formula is C29H32N4O3S. The van der Waals surface area contributed by atoms with E-state index in [0.29, 0.717) is 18.1 Å². The molecule has 2 amide bonds. The molecule has 0 spiro atoms. The quantitative estimate of drug-likeness (QED) is 0.333. The number of nitrogens with zero attached hydrogens (tertiary/aromatic N) is 2.